The number of carbonyl (C=O) groups excluding carboxylic acids is 1. The number of hydrogen-bond acceptors (Lipinski definition) is 8. The minimum absolute atomic E-state index is 0.0546. The van der Waals surface area contributed by atoms with E-state index in [1.807, 2.05) is 26.0 Å². The molecule has 1 N–H and O–H groups in total. The third-order valence-corrected chi connectivity index (χ3v) is 5.86. The first-order chi connectivity index (χ1) is 17.4. The molecule has 1 aromatic carbocycles. The van der Waals surface area contributed by atoms with Crippen LogP contribution in [0.2, 0.25) is 0 Å². The molecule has 0 saturated carbocycles. The largest absolute Gasteiger partial charge is 0.497 e. The predicted molar refractivity (Wildman–Crippen MR) is 136 cm³/mol. The van der Waals surface area contributed by atoms with Crippen molar-refractivity contribution in [2.24, 2.45) is 0 Å². The molecule has 192 valence electrons. The van der Waals surface area contributed by atoms with Gasteiger partial charge in [-0.15, -0.1) is 0 Å². The van der Waals surface area contributed by atoms with Gasteiger partial charge in [-0.1, -0.05) is 12.1 Å². The molecule has 1 aliphatic rings. The molecule has 0 atom stereocenters. The number of carbonyl (C=O) groups is 1. The van der Waals surface area contributed by atoms with Crippen molar-refractivity contribution in [1.29, 1.82) is 0 Å². The van der Waals surface area contributed by atoms with Crippen molar-refractivity contribution in [2.75, 3.05) is 46.6 Å². The number of methoxy groups -OCH3 is 1. The standard InChI is InChI=1S/C26H33N5O5/c1-18(2)28-23(32)17-31-25(19-6-4-7-20(14-19)34-3)29-24-22(26(31)33)15-21(16-27-24)36-11-5-8-30-9-12-35-13-10-30/h4,6-7,14-16,18H,5,8-13,17H2,1-3H3,(H,28,32). The van der Waals surface area contributed by atoms with Gasteiger partial charge in [-0.2, -0.15) is 0 Å². The second-order valence-electron chi connectivity index (χ2n) is 8.98. The number of nitrogens with zero attached hydrogens (tertiary/aromatic N) is 4. The van der Waals surface area contributed by atoms with Crippen LogP contribution in [0.5, 0.6) is 11.5 Å². The molecule has 1 saturated heterocycles. The van der Waals surface area contributed by atoms with Crippen molar-refractivity contribution in [3.63, 3.8) is 0 Å². The lowest BCUT2D eigenvalue weighted by molar-refractivity contribution is -0.122. The third-order valence-electron chi connectivity index (χ3n) is 5.86. The van der Waals surface area contributed by atoms with Crippen LogP contribution in [0.3, 0.4) is 0 Å². The van der Waals surface area contributed by atoms with Crippen molar-refractivity contribution >= 4 is 16.9 Å². The van der Waals surface area contributed by atoms with E-state index in [1.165, 1.54) is 4.57 Å². The molecule has 1 fully saturated rings. The van der Waals surface area contributed by atoms with E-state index in [2.05, 4.69) is 20.2 Å². The molecule has 0 unspecified atom stereocenters. The Morgan fingerprint density at radius 3 is 2.75 bits per heavy atom. The molecule has 0 aliphatic carbocycles. The van der Waals surface area contributed by atoms with Crippen molar-refractivity contribution < 1.29 is 19.0 Å². The zero-order valence-electron chi connectivity index (χ0n) is 21.0. The average Bonchev–Trinajstić information content (AvgIpc) is 2.88. The zero-order valence-corrected chi connectivity index (χ0v) is 21.0. The van der Waals surface area contributed by atoms with Crippen LogP contribution < -0.4 is 20.3 Å². The molecule has 1 amide bonds. The number of nitrogens with one attached hydrogen (secondary N) is 1. The van der Waals surface area contributed by atoms with E-state index in [0.717, 1.165) is 39.3 Å². The van der Waals surface area contributed by atoms with Crippen LogP contribution in [0.4, 0.5) is 0 Å². The summed E-state index contributed by atoms with van der Waals surface area (Å²) in [5.41, 5.74) is 0.581. The highest BCUT2D eigenvalue weighted by molar-refractivity contribution is 5.80. The first-order valence-corrected chi connectivity index (χ1v) is 12.2. The Hall–Kier alpha value is -3.50. The molecule has 4 rings (SSSR count). The average molecular weight is 496 g/mol. The number of pyridine rings is 1. The van der Waals surface area contributed by atoms with Gasteiger partial charge in [0.25, 0.3) is 5.56 Å². The molecule has 10 nitrogen and oxygen atoms in total. The molecule has 0 spiro atoms. The monoisotopic (exact) mass is 495 g/mol. The van der Waals surface area contributed by atoms with Gasteiger partial charge in [0.1, 0.15) is 23.9 Å². The second-order valence-corrected chi connectivity index (χ2v) is 8.98. The lowest BCUT2D eigenvalue weighted by Gasteiger charge is -2.26. The minimum atomic E-state index is -0.358. The summed E-state index contributed by atoms with van der Waals surface area (Å²) in [5, 5.41) is 3.13. The van der Waals surface area contributed by atoms with E-state index >= 15 is 0 Å². The maximum atomic E-state index is 13.6. The number of aromatic nitrogens is 3. The maximum Gasteiger partial charge on any atom is 0.263 e. The van der Waals surface area contributed by atoms with E-state index in [1.54, 1.807) is 31.5 Å². The van der Waals surface area contributed by atoms with E-state index in [0.29, 0.717) is 40.5 Å². The van der Waals surface area contributed by atoms with Crippen molar-refractivity contribution in [1.82, 2.24) is 24.8 Å². The smallest absolute Gasteiger partial charge is 0.263 e. The number of benzene rings is 1. The van der Waals surface area contributed by atoms with E-state index < -0.39 is 0 Å². The van der Waals surface area contributed by atoms with Gasteiger partial charge in [0, 0.05) is 31.2 Å². The third kappa shape index (κ3) is 6.38. The fourth-order valence-corrected chi connectivity index (χ4v) is 4.11. The van der Waals surface area contributed by atoms with E-state index in [9.17, 15) is 9.59 Å². The highest BCUT2D eigenvalue weighted by atomic mass is 16.5. The summed E-state index contributed by atoms with van der Waals surface area (Å²) in [6, 6.07) is 8.80. The first-order valence-electron chi connectivity index (χ1n) is 12.2. The van der Waals surface area contributed by atoms with Crippen LogP contribution in [0.25, 0.3) is 22.4 Å². The number of morpholine rings is 1. The van der Waals surface area contributed by atoms with Crippen LogP contribution in [-0.2, 0) is 16.1 Å². The fourth-order valence-electron chi connectivity index (χ4n) is 4.11. The predicted octanol–water partition coefficient (Wildman–Crippen LogP) is 2.09. The summed E-state index contributed by atoms with van der Waals surface area (Å²) < 4.78 is 18.0. The Morgan fingerprint density at radius 1 is 1.19 bits per heavy atom. The van der Waals surface area contributed by atoms with Crippen molar-refractivity contribution in [3.05, 3.63) is 46.9 Å². The van der Waals surface area contributed by atoms with E-state index in [4.69, 9.17) is 14.2 Å². The van der Waals surface area contributed by atoms with Crippen LogP contribution in [0, 0.1) is 0 Å². The van der Waals surface area contributed by atoms with Crippen LogP contribution >= 0.6 is 0 Å². The summed E-state index contributed by atoms with van der Waals surface area (Å²) in [4.78, 5) is 37.6. The van der Waals surface area contributed by atoms with Crippen LogP contribution in [-0.4, -0.2) is 77.9 Å². The lowest BCUT2D eigenvalue weighted by atomic mass is 10.2. The zero-order chi connectivity index (χ0) is 25.5. The van der Waals surface area contributed by atoms with Crippen molar-refractivity contribution in [3.8, 4) is 22.9 Å². The number of rotatable bonds is 10. The number of hydrogen-bond donors (Lipinski definition) is 1. The van der Waals surface area contributed by atoms with Gasteiger partial charge in [-0.3, -0.25) is 19.1 Å². The molecule has 36 heavy (non-hydrogen) atoms. The minimum Gasteiger partial charge on any atom is -0.497 e. The molecule has 1 aliphatic heterocycles. The topological polar surface area (TPSA) is 108 Å². The molecule has 3 aromatic rings. The molecule has 0 bridgehead atoms. The molecule has 3 heterocycles. The Bertz CT molecular complexity index is 1250. The number of fused-ring (bicyclic) bond motifs is 1. The van der Waals surface area contributed by atoms with Gasteiger partial charge in [0.05, 0.1) is 38.5 Å². The van der Waals surface area contributed by atoms with Crippen LogP contribution in [0.15, 0.2) is 41.3 Å². The Morgan fingerprint density at radius 2 is 2.00 bits per heavy atom. The maximum absolute atomic E-state index is 13.6. The van der Waals surface area contributed by atoms with Gasteiger partial charge < -0.3 is 19.5 Å². The summed E-state index contributed by atoms with van der Waals surface area (Å²) in [7, 11) is 1.57. The summed E-state index contributed by atoms with van der Waals surface area (Å²) in [5.74, 6) is 1.18. The highest BCUT2D eigenvalue weighted by Crippen LogP contribution is 2.24. The van der Waals surface area contributed by atoms with Gasteiger partial charge in [0.15, 0.2) is 5.65 Å². The summed E-state index contributed by atoms with van der Waals surface area (Å²) >= 11 is 0. The molecular formula is C26H33N5O5. The van der Waals surface area contributed by atoms with Gasteiger partial charge in [-0.05, 0) is 38.5 Å². The van der Waals surface area contributed by atoms with Gasteiger partial charge >= 0.3 is 0 Å². The number of amides is 1. The SMILES string of the molecule is COc1cccc(-c2nc3ncc(OCCCN4CCOCC4)cc3c(=O)n2CC(=O)NC(C)C)c1. The highest BCUT2D eigenvalue weighted by Gasteiger charge is 2.18. The van der Waals surface area contributed by atoms with Gasteiger partial charge in [0.2, 0.25) is 5.91 Å². The Balaban J connectivity index is 1.61. The fraction of sp³-hybridized carbons (Fsp3) is 0.462. The van der Waals surface area contributed by atoms with Crippen molar-refractivity contribution in [2.45, 2.75) is 32.9 Å². The molecule has 10 heteroatoms. The Kier molecular flexibility index (Phi) is 8.50. The Labute approximate surface area is 210 Å². The quantitative estimate of drug-likeness (QED) is 0.426. The van der Waals surface area contributed by atoms with Crippen LogP contribution in [0.1, 0.15) is 20.3 Å². The van der Waals surface area contributed by atoms with Gasteiger partial charge in [-0.25, -0.2) is 9.97 Å². The summed E-state index contributed by atoms with van der Waals surface area (Å²) in [6.45, 7) is 8.40. The normalized spacial score (nSPS) is 14.2. The van der Waals surface area contributed by atoms with E-state index in [-0.39, 0.29) is 24.1 Å². The summed E-state index contributed by atoms with van der Waals surface area (Å²) in [6.07, 6.45) is 2.43. The first kappa shape index (κ1) is 25.6. The molecule has 0 radical (unpaired) electrons. The lowest BCUT2D eigenvalue weighted by Crippen LogP contribution is -2.37. The number of ether oxygens (including phenoxy) is 3. The molecule has 2 aromatic heterocycles. The molecular weight excluding hydrogens is 462 g/mol. The second kappa shape index (κ2) is 12.0.